The molecule has 0 bridgehead atoms. The van der Waals surface area contributed by atoms with Crippen LogP contribution in [0.15, 0.2) is 35.7 Å². The first-order valence-corrected chi connectivity index (χ1v) is 12.0. The molecule has 0 aliphatic heterocycles. The normalized spacial score (nSPS) is 12.0. The van der Waals surface area contributed by atoms with Crippen LogP contribution in [0.25, 0.3) is 20.8 Å². The molecule has 7 nitrogen and oxygen atoms in total. The number of thiazole rings is 2. The maximum atomic E-state index is 12.7. The number of hydrogen-bond acceptors (Lipinski definition) is 8. The third-order valence-corrected chi connectivity index (χ3v) is 7.62. The molecule has 0 saturated heterocycles. The highest BCUT2D eigenvalue weighted by Gasteiger charge is 2.16. The molecule has 4 aromatic rings. The van der Waals surface area contributed by atoms with E-state index >= 15 is 0 Å². The van der Waals surface area contributed by atoms with Gasteiger partial charge in [0.25, 0.3) is 5.91 Å². The molecule has 0 aliphatic carbocycles. The van der Waals surface area contributed by atoms with Crippen LogP contribution in [0.5, 0.6) is 0 Å². The van der Waals surface area contributed by atoms with Crippen LogP contribution in [0.4, 0.5) is 10.3 Å². The van der Waals surface area contributed by atoms with Crippen LogP contribution in [0.1, 0.15) is 35.1 Å². The Balaban J connectivity index is 1.44. The lowest BCUT2D eigenvalue weighted by atomic mass is 10.1. The van der Waals surface area contributed by atoms with E-state index in [-0.39, 0.29) is 17.9 Å². The number of carbonyl (C=O) groups excluding carboxylic acids is 2. The number of benzene rings is 1. The van der Waals surface area contributed by atoms with Crippen molar-refractivity contribution >= 4 is 65.6 Å². The minimum Gasteiger partial charge on any atom is -0.354 e. The first-order chi connectivity index (χ1) is 14.8. The van der Waals surface area contributed by atoms with Crippen molar-refractivity contribution in [1.82, 2.24) is 15.3 Å². The summed E-state index contributed by atoms with van der Waals surface area (Å²) in [7, 11) is 3.90. The van der Waals surface area contributed by atoms with Crippen molar-refractivity contribution in [3.63, 3.8) is 0 Å². The Morgan fingerprint density at radius 1 is 1.10 bits per heavy atom. The summed E-state index contributed by atoms with van der Waals surface area (Å²) in [5.41, 5.74) is 2.77. The molecular formula is C21H21N5O2S3. The summed E-state index contributed by atoms with van der Waals surface area (Å²) < 4.78 is 1.01. The third-order valence-electron chi connectivity index (χ3n) is 4.54. The quantitative estimate of drug-likeness (QED) is 0.413. The summed E-state index contributed by atoms with van der Waals surface area (Å²) in [6.07, 6.45) is 0. The molecule has 10 heteroatoms. The fourth-order valence-corrected chi connectivity index (χ4v) is 5.72. The van der Waals surface area contributed by atoms with E-state index in [0.29, 0.717) is 10.0 Å². The van der Waals surface area contributed by atoms with Crippen LogP contribution in [0.2, 0.25) is 0 Å². The van der Waals surface area contributed by atoms with E-state index in [2.05, 4.69) is 20.6 Å². The Labute approximate surface area is 191 Å². The van der Waals surface area contributed by atoms with Gasteiger partial charge in [-0.25, -0.2) is 9.97 Å². The first kappa shape index (κ1) is 21.4. The second-order valence-corrected chi connectivity index (χ2v) is 10.1. The third kappa shape index (κ3) is 4.76. The van der Waals surface area contributed by atoms with Gasteiger partial charge in [-0.05, 0) is 18.6 Å². The SMILES string of the molecule is CC(=O)NC(C)c1ccc(-c2csc(NC(=O)c3cc4sc(N(C)C)nc4s3)n2)cc1. The predicted molar refractivity (Wildman–Crippen MR) is 130 cm³/mol. The van der Waals surface area contributed by atoms with Gasteiger partial charge in [-0.2, -0.15) is 0 Å². The van der Waals surface area contributed by atoms with Gasteiger partial charge >= 0.3 is 0 Å². The molecule has 0 aliphatic rings. The van der Waals surface area contributed by atoms with E-state index in [1.807, 2.05) is 61.6 Å². The number of rotatable bonds is 6. The predicted octanol–water partition coefficient (Wildman–Crippen LogP) is 5.00. The van der Waals surface area contributed by atoms with Gasteiger partial charge in [-0.3, -0.25) is 14.9 Å². The Kier molecular flexibility index (Phi) is 6.03. The monoisotopic (exact) mass is 471 g/mol. The zero-order valence-corrected chi connectivity index (χ0v) is 19.9. The zero-order chi connectivity index (χ0) is 22.1. The van der Waals surface area contributed by atoms with E-state index in [0.717, 1.165) is 31.5 Å². The average Bonchev–Trinajstić information content (AvgIpc) is 3.42. The number of amides is 2. The van der Waals surface area contributed by atoms with Gasteiger partial charge in [-0.15, -0.1) is 22.7 Å². The smallest absolute Gasteiger partial charge is 0.267 e. The topological polar surface area (TPSA) is 87.2 Å². The highest BCUT2D eigenvalue weighted by molar-refractivity contribution is 7.29. The summed E-state index contributed by atoms with van der Waals surface area (Å²) in [4.78, 5) is 36.4. The molecule has 1 atom stereocenters. The van der Waals surface area contributed by atoms with E-state index in [1.165, 1.54) is 29.6 Å². The number of anilines is 2. The highest BCUT2D eigenvalue weighted by atomic mass is 32.1. The summed E-state index contributed by atoms with van der Waals surface area (Å²) in [5, 5.41) is 9.15. The number of nitrogens with zero attached hydrogens (tertiary/aromatic N) is 3. The van der Waals surface area contributed by atoms with Crippen molar-refractivity contribution < 1.29 is 9.59 Å². The van der Waals surface area contributed by atoms with Gasteiger partial charge < -0.3 is 10.2 Å². The molecule has 0 saturated carbocycles. The first-order valence-electron chi connectivity index (χ1n) is 9.52. The Bertz CT molecular complexity index is 1210. The fraction of sp³-hybridized carbons (Fsp3) is 0.238. The molecular weight excluding hydrogens is 450 g/mol. The molecule has 1 aromatic carbocycles. The van der Waals surface area contributed by atoms with Crippen molar-refractivity contribution in [1.29, 1.82) is 0 Å². The van der Waals surface area contributed by atoms with Crippen molar-refractivity contribution in [2.75, 3.05) is 24.3 Å². The van der Waals surface area contributed by atoms with Crippen LogP contribution >= 0.6 is 34.0 Å². The van der Waals surface area contributed by atoms with Gasteiger partial charge in [0.2, 0.25) is 5.91 Å². The minimum atomic E-state index is -0.179. The van der Waals surface area contributed by atoms with Crippen LogP contribution in [-0.2, 0) is 4.79 Å². The summed E-state index contributed by atoms with van der Waals surface area (Å²) >= 11 is 4.33. The number of nitrogens with one attached hydrogen (secondary N) is 2. The van der Waals surface area contributed by atoms with Crippen LogP contribution in [0, 0.1) is 0 Å². The van der Waals surface area contributed by atoms with Crippen molar-refractivity contribution in [3.8, 4) is 11.3 Å². The van der Waals surface area contributed by atoms with Crippen molar-refractivity contribution in [2.45, 2.75) is 19.9 Å². The van der Waals surface area contributed by atoms with Crippen molar-refractivity contribution in [2.24, 2.45) is 0 Å². The summed E-state index contributed by atoms with van der Waals surface area (Å²) in [6.45, 7) is 3.45. The molecule has 2 N–H and O–H groups in total. The summed E-state index contributed by atoms with van der Waals surface area (Å²) in [5.74, 6) is -0.238. The number of aromatic nitrogens is 2. The molecule has 160 valence electrons. The molecule has 2 amide bonds. The molecule has 3 heterocycles. The van der Waals surface area contributed by atoms with Gasteiger partial charge in [-0.1, -0.05) is 35.6 Å². The molecule has 4 rings (SSSR count). The number of carbonyl (C=O) groups is 2. The second kappa shape index (κ2) is 8.74. The molecule has 1 unspecified atom stereocenters. The zero-order valence-electron chi connectivity index (χ0n) is 17.4. The van der Waals surface area contributed by atoms with Crippen LogP contribution in [0.3, 0.4) is 0 Å². The lowest BCUT2D eigenvalue weighted by Crippen LogP contribution is -2.23. The maximum Gasteiger partial charge on any atom is 0.267 e. The van der Waals surface area contributed by atoms with Gasteiger partial charge in [0.05, 0.1) is 21.3 Å². The number of fused-ring (bicyclic) bond motifs is 1. The van der Waals surface area contributed by atoms with E-state index in [4.69, 9.17) is 0 Å². The lowest BCUT2D eigenvalue weighted by Gasteiger charge is -2.12. The Morgan fingerprint density at radius 3 is 2.48 bits per heavy atom. The molecule has 0 spiro atoms. The molecule has 0 fully saturated rings. The van der Waals surface area contributed by atoms with Gasteiger partial charge in [0.1, 0.15) is 4.83 Å². The minimum absolute atomic E-state index is 0.0550. The largest absolute Gasteiger partial charge is 0.354 e. The van der Waals surface area contributed by atoms with Crippen molar-refractivity contribution in [3.05, 3.63) is 46.2 Å². The Hall–Kier alpha value is -2.82. The van der Waals surface area contributed by atoms with Gasteiger partial charge in [0.15, 0.2) is 10.3 Å². The summed E-state index contributed by atoms with van der Waals surface area (Å²) in [6, 6.07) is 9.71. The standard InChI is InChI=1S/C21H21N5O2S3/c1-11(22-12(2)27)13-5-7-14(8-6-13)15-10-29-20(23-15)24-18(28)16-9-17-19(30-16)25-21(31-17)26(3)4/h5-11H,1-4H3,(H,22,27)(H,23,24,28). The van der Waals surface area contributed by atoms with E-state index in [1.54, 1.807) is 11.3 Å². The molecule has 0 radical (unpaired) electrons. The van der Waals surface area contributed by atoms with Crippen LogP contribution in [-0.4, -0.2) is 35.9 Å². The van der Waals surface area contributed by atoms with E-state index < -0.39 is 0 Å². The highest BCUT2D eigenvalue weighted by Crippen LogP contribution is 2.34. The van der Waals surface area contributed by atoms with Gasteiger partial charge in [0, 0.05) is 32.0 Å². The number of hydrogen-bond donors (Lipinski definition) is 2. The fourth-order valence-electron chi connectivity index (χ4n) is 2.98. The van der Waals surface area contributed by atoms with Crippen LogP contribution < -0.4 is 15.5 Å². The molecule has 3 aromatic heterocycles. The average molecular weight is 472 g/mol. The maximum absolute atomic E-state index is 12.7. The second-order valence-electron chi connectivity index (χ2n) is 7.21. The molecule has 31 heavy (non-hydrogen) atoms. The van der Waals surface area contributed by atoms with E-state index in [9.17, 15) is 9.59 Å². The Morgan fingerprint density at radius 2 is 1.84 bits per heavy atom. The number of thiophene rings is 1. The lowest BCUT2D eigenvalue weighted by molar-refractivity contribution is -0.119.